The van der Waals surface area contributed by atoms with Gasteiger partial charge in [-0.2, -0.15) is 0 Å². The molecule has 0 atom stereocenters. The first kappa shape index (κ1) is 13.1. The monoisotopic (exact) mass is 258 g/mol. The molecular weight excluding hydrogens is 240 g/mol. The summed E-state index contributed by atoms with van der Waals surface area (Å²) < 4.78 is 5.16. The molecule has 0 unspecified atom stereocenters. The maximum Gasteiger partial charge on any atom is 0.121 e. The van der Waals surface area contributed by atoms with Crippen LogP contribution in [0.15, 0.2) is 42.5 Å². The van der Waals surface area contributed by atoms with Gasteiger partial charge in [0.2, 0.25) is 0 Å². The van der Waals surface area contributed by atoms with Crippen molar-refractivity contribution in [1.29, 1.82) is 0 Å². The van der Waals surface area contributed by atoms with Crippen LogP contribution in [0.4, 0.5) is 11.4 Å². The fourth-order valence-corrected chi connectivity index (χ4v) is 1.82. The van der Waals surface area contributed by atoms with E-state index in [1.807, 2.05) is 30.3 Å². The zero-order valence-corrected chi connectivity index (χ0v) is 10.9. The van der Waals surface area contributed by atoms with Crippen LogP contribution in [0.25, 0.3) is 0 Å². The molecule has 4 N–H and O–H groups in total. The topological polar surface area (TPSA) is 67.5 Å². The summed E-state index contributed by atoms with van der Waals surface area (Å²) in [6.45, 7) is 0.766. The van der Waals surface area contributed by atoms with Crippen LogP contribution in [-0.4, -0.2) is 18.8 Å². The van der Waals surface area contributed by atoms with Gasteiger partial charge < -0.3 is 20.9 Å². The van der Waals surface area contributed by atoms with Gasteiger partial charge in [0.25, 0.3) is 0 Å². The lowest BCUT2D eigenvalue weighted by molar-refractivity contribution is 0.415. The van der Waals surface area contributed by atoms with Crippen molar-refractivity contribution in [3.05, 3.63) is 48.0 Å². The highest BCUT2D eigenvalue weighted by Crippen LogP contribution is 2.24. The number of methoxy groups -OCH3 is 1. The molecule has 0 heterocycles. The number of aromatic hydroxyl groups is 1. The van der Waals surface area contributed by atoms with Gasteiger partial charge in [0, 0.05) is 12.6 Å². The predicted molar refractivity (Wildman–Crippen MR) is 77.7 cm³/mol. The zero-order valence-electron chi connectivity index (χ0n) is 10.9. The van der Waals surface area contributed by atoms with Crippen molar-refractivity contribution in [2.45, 2.75) is 6.42 Å². The van der Waals surface area contributed by atoms with E-state index in [1.54, 1.807) is 19.2 Å². The van der Waals surface area contributed by atoms with E-state index in [4.69, 9.17) is 10.5 Å². The minimum Gasteiger partial charge on any atom is -0.508 e. The first-order valence-electron chi connectivity index (χ1n) is 6.14. The van der Waals surface area contributed by atoms with Gasteiger partial charge in [-0.15, -0.1) is 0 Å². The number of phenols is 1. The molecule has 2 aromatic carbocycles. The summed E-state index contributed by atoms with van der Waals surface area (Å²) in [6.07, 6.45) is 0.858. The van der Waals surface area contributed by atoms with E-state index < -0.39 is 0 Å². The number of nitrogens with one attached hydrogen (secondary N) is 1. The quantitative estimate of drug-likeness (QED) is 0.721. The van der Waals surface area contributed by atoms with Gasteiger partial charge in [0.05, 0.1) is 18.5 Å². The van der Waals surface area contributed by atoms with E-state index in [1.165, 1.54) is 0 Å². The molecule has 0 amide bonds. The zero-order chi connectivity index (χ0) is 13.7. The molecule has 0 radical (unpaired) electrons. The van der Waals surface area contributed by atoms with E-state index >= 15 is 0 Å². The number of nitrogen functional groups attached to an aromatic ring is 1. The van der Waals surface area contributed by atoms with Gasteiger partial charge in [0.15, 0.2) is 0 Å². The number of hydrogen-bond donors (Lipinski definition) is 3. The van der Waals surface area contributed by atoms with Gasteiger partial charge in [0.1, 0.15) is 11.5 Å². The summed E-state index contributed by atoms with van der Waals surface area (Å²) >= 11 is 0. The molecule has 0 aliphatic heterocycles. The third-order valence-corrected chi connectivity index (χ3v) is 2.93. The molecule has 0 aromatic heterocycles. The Morgan fingerprint density at radius 1 is 1.16 bits per heavy atom. The van der Waals surface area contributed by atoms with E-state index in [2.05, 4.69) is 5.32 Å². The fraction of sp³-hybridized carbons (Fsp3) is 0.200. The molecule has 0 bridgehead atoms. The molecule has 2 aromatic rings. The van der Waals surface area contributed by atoms with Crippen molar-refractivity contribution in [3.63, 3.8) is 0 Å². The second-order valence-corrected chi connectivity index (χ2v) is 4.30. The van der Waals surface area contributed by atoms with Crippen LogP contribution < -0.4 is 15.8 Å². The second kappa shape index (κ2) is 6.00. The number of rotatable bonds is 5. The standard InChI is InChI=1S/C15H18N2O2/c1-19-13-6-7-14(16)15(10-13)17-9-8-11-2-4-12(18)5-3-11/h2-7,10,17-18H,8-9,16H2,1H3. The normalized spacial score (nSPS) is 10.2. The molecular formula is C15H18N2O2. The van der Waals surface area contributed by atoms with Crippen LogP contribution in [0.3, 0.4) is 0 Å². The van der Waals surface area contributed by atoms with Crippen molar-refractivity contribution in [1.82, 2.24) is 0 Å². The van der Waals surface area contributed by atoms with E-state index in [0.29, 0.717) is 5.69 Å². The Hall–Kier alpha value is -2.36. The van der Waals surface area contributed by atoms with Crippen molar-refractivity contribution in [3.8, 4) is 11.5 Å². The third kappa shape index (κ3) is 3.55. The summed E-state index contributed by atoms with van der Waals surface area (Å²) in [5.41, 5.74) is 8.63. The highest BCUT2D eigenvalue weighted by molar-refractivity contribution is 5.68. The lowest BCUT2D eigenvalue weighted by Gasteiger charge is -2.11. The number of hydrogen-bond acceptors (Lipinski definition) is 4. The lowest BCUT2D eigenvalue weighted by Crippen LogP contribution is -2.07. The minimum absolute atomic E-state index is 0.286. The number of benzene rings is 2. The molecule has 0 spiro atoms. The van der Waals surface area contributed by atoms with E-state index in [0.717, 1.165) is 30.0 Å². The van der Waals surface area contributed by atoms with Crippen molar-refractivity contribution in [2.75, 3.05) is 24.7 Å². The highest BCUT2D eigenvalue weighted by Gasteiger charge is 2.01. The van der Waals surface area contributed by atoms with Gasteiger partial charge in [-0.3, -0.25) is 0 Å². The smallest absolute Gasteiger partial charge is 0.121 e. The molecule has 4 heteroatoms. The minimum atomic E-state index is 0.286. The Morgan fingerprint density at radius 3 is 2.58 bits per heavy atom. The molecule has 0 saturated heterocycles. The maximum atomic E-state index is 9.21. The highest BCUT2D eigenvalue weighted by atomic mass is 16.5. The summed E-state index contributed by atoms with van der Waals surface area (Å²) in [6, 6.07) is 12.7. The summed E-state index contributed by atoms with van der Waals surface area (Å²) in [5.74, 6) is 1.06. The Balaban J connectivity index is 1.93. The summed E-state index contributed by atoms with van der Waals surface area (Å²) in [5, 5.41) is 12.5. The van der Waals surface area contributed by atoms with Crippen molar-refractivity contribution >= 4 is 11.4 Å². The first-order valence-corrected chi connectivity index (χ1v) is 6.14. The van der Waals surface area contributed by atoms with Gasteiger partial charge in [-0.05, 0) is 36.2 Å². The van der Waals surface area contributed by atoms with Crippen molar-refractivity contribution in [2.24, 2.45) is 0 Å². The summed E-state index contributed by atoms with van der Waals surface area (Å²) in [7, 11) is 1.63. The van der Waals surface area contributed by atoms with Crippen LogP contribution in [0.1, 0.15) is 5.56 Å². The molecule has 100 valence electrons. The molecule has 0 saturated carbocycles. The Kier molecular flexibility index (Phi) is 4.13. The van der Waals surface area contributed by atoms with Crippen LogP contribution >= 0.6 is 0 Å². The SMILES string of the molecule is COc1ccc(N)c(NCCc2ccc(O)cc2)c1. The largest absolute Gasteiger partial charge is 0.508 e. The molecule has 19 heavy (non-hydrogen) atoms. The predicted octanol–water partition coefficient (Wildman–Crippen LogP) is 2.64. The van der Waals surface area contributed by atoms with E-state index in [9.17, 15) is 5.11 Å². The first-order chi connectivity index (χ1) is 9.19. The fourth-order valence-electron chi connectivity index (χ4n) is 1.82. The third-order valence-electron chi connectivity index (χ3n) is 2.93. The Morgan fingerprint density at radius 2 is 1.89 bits per heavy atom. The van der Waals surface area contributed by atoms with Crippen LogP contribution in [0.5, 0.6) is 11.5 Å². The Labute approximate surface area is 112 Å². The Bertz CT molecular complexity index is 538. The molecule has 2 rings (SSSR count). The molecule has 0 fully saturated rings. The van der Waals surface area contributed by atoms with Gasteiger partial charge >= 0.3 is 0 Å². The van der Waals surface area contributed by atoms with Crippen LogP contribution in [-0.2, 0) is 6.42 Å². The molecule has 0 aliphatic carbocycles. The molecule has 4 nitrogen and oxygen atoms in total. The number of nitrogens with two attached hydrogens (primary N) is 1. The van der Waals surface area contributed by atoms with E-state index in [-0.39, 0.29) is 5.75 Å². The molecule has 0 aliphatic rings. The number of ether oxygens (including phenoxy) is 1. The van der Waals surface area contributed by atoms with Crippen molar-refractivity contribution < 1.29 is 9.84 Å². The average molecular weight is 258 g/mol. The maximum absolute atomic E-state index is 9.21. The van der Waals surface area contributed by atoms with Crippen LogP contribution in [0.2, 0.25) is 0 Å². The summed E-state index contributed by atoms with van der Waals surface area (Å²) in [4.78, 5) is 0. The van der Waals surface area contributed by atoms with Gasteiger partial charge in [-0.1, -0.05) is 12.1 Å². The average Bonchev–Trinajstić information content (AvgIpc) is 2.43. The number of phenolic OH excluding ortho intramolecular Hbond substituents is 1. The van der Waals surface area contributed by atoms with Crippen LogP contribution in [0, 0.1) is 0 Å². The van der Waals surface area contributed by atoms with Gasteiger partial charge in [-0.25, -0.2) is 0 Å². The number of anilines is 2. The lowest BCUT2D eigenvalue weighted by atomic mass is 10.1. The second-order valence-electron chi connectivity index (χ2n) is 4.30.